The molecular weight excluding hydrogens is 360 g/mol. The number of ether oxygens (including phenoxy) is 3. The number of hydrogen-bond donors (Lipinski definition) is 1. The van der Waals surface area contributed by atoms with Crippen molar-refractivity contribution in [3.8, 4) is 17.2 Å². The van der Waals surface area contributed by atoms with Crippen molar-refractivity contribution in [2.24, 2.45) is 5.16 Å². The lowest BCUT2D eigenvalue weighted by atomic mass is 10.0. The summed E-state index contributed by atoms with van der Waals surface area (Å²) in [6.07, 6.45) is 1.40. The van der Waals surface area contributed by atoms with Gasteiger partial charge in [0.05, 0.1) is 5.71 Å². The van der Waals surface area contributed by atoms with Crippen molar-refractivity contribution in [2.45, 2.75) is 12.5 Å². The van der Waals surface area contributed by atoms with Crippen LogP contribution in [0.2, 0.25) is 0 Å². The van der Waals surface area contributed by atoms with E-state index >= 15 is 0 Å². The molecule has 7 heteroatoms. The Morgan fingerprint density at radius 3 is 2.75 bits per heavy atom. The van der Waals surface area contributed by atoms with Gasteiger partial charge in [-0.1, -0.05) is 17.8 Å². The average molecular weight is 380 g/mol. The van der Waals surface area contributed by atoms with E-state index in [0.717, 1.165) is 17.0 Å². The van der Waals surface area contributed by atoms with E-state index in [0.29, 0.717) is 43.4 Å². The van der Waals surface area contributed by atoms with Crippen LogP contribution in [0.5, 0.6) is 17.2 Å². The highest BCUT2D eigenvalue weighted by molar-refractivity contribution is 6.06. The van der Waals surface area contributed by atoms with Gasteiger partial charge in [-0.25, -0.2) is 0 Å². The first-order valence-corrected chi connectivity index (χ1v) is 9.00. The number of rotatable bonds is 6. The summed E-state index contributed by atoms with van der Waals surface area (Å²) in [6, 6.07) is 12.8. The number of carbonyl (C=O) groups is 1. The second-order valence-corrected chi connectivity index (χ2v) is 6.31. The first-order chi connectivity index (χ1) is 13.7. The highest BCUT2D eigenvalue weighted by Gasteiger charge is 2.29. The predicted octanol–water partition coefficient (Wildman–Crippen LogP) is 3.15. The van der Waals surface area contributed by atoms with Gasteiger partial charge in [-0.05, 0) is 42.0 Å². The molecule has 2 aromatic rings. The average Bonchev–Trinajstić information content (AvgIpc) is 3.23. The standard InChI is InChI=1S/C21H20N2O5/c1-2-9-25-16-6-3-14(4-7-16)17-13-20(28-23-17)21(24)22-15-5-8-18-19(12-15)27-11-10-26-18/h2-8,12,20H,1,9-11,13H2,(H,22,24)/t20-/m1/s1. The molecule has 2 heterocycles. The fourth-order valence-corrected chi connectivity index (χ4v) is 2.93. The van der Waals surface area contributed by atoms with Gasteiger partial charge < -0.3 is 24.4 Å². The van der Waals surface area contributed by atoms with Gasteiger partial charge in [0, 0.05) is 18.2 Å². The molecule has 1 N–H and O–H groups in total. The number of anilines is 1. The molecule has 1 amide bonds. The molecule has 7 nitrogen and oxygen atoms in total. The number of fused-ring (bicyclic) bond motifs is 1. The summed E-state index contributed by atoms with van der Waals surface area (Å²) >= 11 is 0. The Balaban J connectivity index is 1.35. The number of carbonyl (C=O) groups excluding carboxylic acids is 1. The molecule has 0 aliphatic carbocycles. The molecule has 0 saturated carbocycles. The maximum atomic E-state index is 12.5. The summed E-state index contributed by atoms with van der Waals surface area (Å²) in [5.74, 6) is 1.78. The Labute approximate surface area is 162 Å². The van der Waals surface area contributed by atoms with E-state index in [-0.39, 0.29) is 5.91 Å². The van der Waals surface area contributed by atoms with Crippen molar-refractivity contribution in [1.82, 2.24) is 0 Å². The molecule has 0 aromatic heterocycles. The molecule has 0 bridgehead atoms. The Morgan fingerprint density at radius 1 is 1.18 bits per heavy atom. The Hall–Kier alpha value is -3.48. The van der Waals surface area contributed by atoms with Crippen molar-refractivity contribution in [2.75, 3.05) is 25.1 Å². The maximum Gasteiger partial charge on any atom is 0.268 e. The smallest absolute Gasteiger partial charge is 0.268 e. The third-order valence-electron chi connectivity index (χ3n) is 4.33. The Bertz CT molecular complexity index is 908. The minimum atomic E-state index is -0.681. The number of benzene rings is 2. The van der Waals surface area contributed by atoms with Crippen LogP contribution in [-0.2, 0) is 9.63 Å². The second-order valence-electron chi connectivity index (χ2n) is 6.31. The number of oxime groups is 1. The van der Waals surface area contributed by atoms with Crippen LogP contribution in [0.4, 0.5) is 5.69 Å². The molecule has 0 fully saturated rings. The van der Waals surface area contributed by atoms with Crippen molar-refractivity contribution < 1.29 is 23.8 Å². The zero-order chi connectivity index (χ0) is 19.3. The van der Waals surface area contributed by atoms with Crippen LogP contribution in [0.1, 0.15) is 12.0 Å². The Morgan fingerprint density at radius 2 is 1.96 bits per heavy atom. The number of nitrogens with one attached hydrogen (secondary N) is 1. The summed E-state index contributed by atoms with van der Waals surface area (Å²) in [4.78, 5) is 17.9. The summed E-state index contributed by atoms with van der Waals surface area (Å²) < 4.78 is 16.5. The van der Waals surface area contributed by atoms with Crippen molar-refractivity contribution in [3.05, 3.63) is 60.7 Å². The zero-order valence-corrected chi connectivity index (χ0v) is 15.2. The number of amides is 1. The van der Waals surface area contributed by atoms with Crippen LogP contribution in [0.3, 0.4) is 0 Å². The van der Waals surface area contributed by atoms with Crippen molar-refractivity contribution in [1.29, 1.82) is 0 Å². The first-order valence-electron chi connectivity index (χ1n) is 9.00. The maximum absolute atomic E-state index is 12.5. The van der Waals surface area contributed by atoms with Gasteiger partial charge in [-0.2, -0.15) is 0 Å². The molecule has 0 unspecified atom stereocenters. The highest BCUT2D eigenvalue weighted by atomic mass is 16.6. The molecule has 4 rings (SSSR count). The van der Waals surface area contributed by atoms with Gasteiger partial charge in [0.15, 0.2) is 11.5 Å². The van der Waals surface area contributed by atoms with Crippen LogP contribution in [0.25, 0.3) is 0 Å². The molecule has 2 aliphatic heterocycles. The number of nitrogens with zero attached hydrogens (tertiary/aromatic N) is 1. The van der Waals surface area contributed by atoms with Crippen LogP contribution in [0, 0.1) is 0 Å². The van der Waals surface area contributed by atoms with Gasteiger partial charge in [0.1, 0.15) is 25.6 Å². The van der Waals surface area contributed by atoms with Crippen LogP contribution in [-0.4, -0.2) is 37.5 Å². The second kappa shape index (κ2) is 8.04. The normalized spacial score (nSPS) is 17.3. The molecule has 2 aromatic carbocycles. The van der Waals surface area contributed by atoms with E-state index in [1.807, 2.05) is 24.3 Å². The lowest BCUT2D eigenvalue weighted by molar-refractivity contribution is -0.125. The summed E-state index contributed by atoms with van der Waals surface area (Å²) in [7, 11) is 0. The molecule has 2 aliphatic rings. The van der Waals surface area contributed by atoms with Crippen LogP contribution in [0.15, 0.2) is 60.3 Å². The van der Waals surface area contributed by atoms with Crippen LogP contribution >= 0.6 is 0 Å². The molecule has 0 radical (unpaired) electrons. The summed E-state index contributed by atoms with van der Waals surface area (Å²) in [5.41, 5.74) is 2.23. The van der Waals surface area contributed by atoms with E-state index in [1.54, 1.807) is 24.3 Å². The van der Waals surface area contributed by atoms with Crippen LogP contribution < -0.4 is 19.5 Å². The largest absolute Gasteiger partial charge is 0.490 e. The fraction of sp³-hybridized carbons (Fsp3) is 0.238. The SMILES string of the molecule is C=CCOc1ccc(C2=NO[C@@H](C(=O)Nc3ccc4c(c3)OCCO4)C2)cc1. The van der Waals surface area contributed by atoms with Gasteiger partial charge in [0.2, 0.25) is 6.10 Å². The minimum Gasteiger partial charge on any atom is -0.490 e. The Kier molecular flexibility index (Phi) is 5.14. The third-order valence-corrected chi connectivity index (χ3v) is 4.33. The third kappa shape index (κ3) is 3.93. The first kappa shape index (κ1) is 17.9. The molecular formula is C21H20N2O5. The van der Waals surface area contributed by atoms with Gasteiger partial charge in [-0.3, -0.25) is 4.79 Å². The zero-order valence-electron chi connectivity index (χ0n) is 15.2. The summed E-state index contributed by atoms with van der Waals surface area (Å²) in [5, 5.41) is 6.90. The van der Waals surface area contributed by atoms with Gasteiger partial charge in [-0.15, -0.1) is 0 Å². The lowest BCUT2D eigenvalue weighted by Crippen LogP contribution is -2.28. The molecule has 0 saturated heterocycles. The highest BCUT2D eigenvalue weighted by Crippen LogP contribution is 2.32. The van der Waals surface area contributed by atoms with Crippen molar-refractivity contribution >= 4 is 17.3 Å². The van der Waals surface area contributed by atoms with E-state index in [1.165, 1.54) is 0 Å². The predicted molar refractivity (Wildman–Crippen MR) is 104 cm³/mol. The van der Waals surface area contributed by atoms with Gasteiger partial charge in [0.25, 0.3) is 5.91 Å². The summed E-state index contributed by atoms with van der Waals surface area (Å²) in [6.45, 7) is 5.09. The monoisotopic (exact) mass is 380 g/mol. The quantitative estimate of drug-likeness (QED) is 0.779. The topological polar surface area (TPSA) is 78.4 Å². The lowest BCUT2D eigenvalue weighted by Gasteiger charge is -2.19. The van der Waals surface area contributed by atoms with E-state index in [2.05, 4.69) is 17.1 Å². The molecule has 1 atom stereocenters. The van der Waals surface area contributed by atoms with Crippen molar-refractivity contribution in [3.63, 3.8) is 0 Å². The van der Waals surface area contributed by atoms with Gasteiger partial charge >= 0.3 is 0 Å². The molecule has 28 heavy (non-hydrogen) atoms. The van der Waals surface area contributed by atoms with E-state index in [9.17, 15) is 4.79 Å². The number of hydrogen-bond acceptors (Lipinski definition) is 6. The van der Waals surface area contributed by atoms with E-state index in [4.69, 9.17) is 19.0 Å². The molecule has 0 spiro atoms. The minimum absolute atomic E-state index is 0.263. The van der Waals surface area contributed by atoms with E-state index < -0.39 is 6.10 Å². The fourth-order valence-electron chi connectivity index (χ4n) is 2.93. The molecule has 144 valence electrons.